The normalized spacial score (nSPS) is 23.3. The van der Waals surface area contributed by atoms with Gasteiger partial charge in [-0.2, -0.15) is 0 Å². The molecule has 25 heavy (non-hydrogen) atoms. The fraction of sp³-hybridized carbons (Fsp3) is 0.667. The Morgan fingerprint density at radius 1 is 0.840 bits per heavy atom. The van der Waals surface area contributed by atoms with Crippen molar-refractivity contribution in [2.45, 2.75) is 103 Å². The third kappa shape index (κ3) is 8.23. The average Bonchev–Trinajstić information content (AvgIpc) is 2.66. The quantitative estimate of drug-likeness (QED) is 0.400. The number of ether oxygens (including phenoxy) is 1. The van der Waals surface area contributed by atoms with Crippen LogP contribution in [0, 0.1) is 0 Å². The first-order chi connectivity index (χ1) is 12.3. The van der Waals surface area contributed by atoms with Gasteiger partial charge in [0.05, 0.1) is 12.2 Å². The van der Waals surface area contributed by atoms with Crippen LogP contribution in [0.15, 0.2) is 47.6 Å². The molecule has 0 aromatic rings. The van der Waals surface area contributed by atoms with Crippen molar-refractivity contribution >= 4 is 0 Å². The van der Waals surface area contributed by atoms with Gasteiger partial charge in [-0.25, -0.2) is 0 Å². The maximum atomic E-state index is 6.64. The molecule has 0 N–H and O–H groups in total. The van der Waals surface area contributed by atoms with Gasteiger partial charge in [0.15, 0.2) is 0 Å². The van der Waals surface area contributed by atoms with E-state index < -0.39 is 0 Å². The van der Waals surface area contributed by atoms with E-state index in [1.165, 1.54) is 75.4 Å². The molecule has 2 atom stereocenters. The smallest absolute Gasteiger partial charge is 0.0769 e. The number of hydrogen-bond donors (Lipinski definition) is 0. The molecule has 0 aromatic heterocycles. The lowest BCUT2D eigenvalue weighted by Crippen LogP contribution is -2.20. The van der Waals surface area contributed by atoms with Crippen molar-refractivity contribution in [3.05, 3.63) is 47.6 Å². The van der Waals surface area contributed by atoms with Gasteiger partial charge in [-0.05, 0) is 62.5 Å². The van der Waals surface area contributed by atoms with E-state index in [2.05, 4.69) is 50.3 Å². The van der Waals surface area contributed by atoms with Gasteiger partial charge < -0.3 is 4.74 Å². The van der Waals surface area contributed by atoms with E-state index in [1.54, 1.807) is 0 Å². The largest absolute Gasteiger partial charge is 0.367 e. The Balaban J connectivity index is 2.06. The van der Waals surface area contributed by atoms with Crippen LogP contribution in [0.25, 0.3) is 0 Å². The SMILES string of the molecule is CCCCC(C=C1C=CCCC1)OC(C=C1C=CCCC1)CCCC. The Labute approximate surface area is 155 Å². The maximum Gasteiger partial charge on any atom is 0.0769 e. The predicted molar refractivity (Wildman–Crippen MR) is 110 cm³/mol. The molecule has 0 saturated heterocycles. The summed E-state index contributed by atoms with van der Waals surface area (Å²) in [5.41, 5.74) is 2.96. The molecule has 2 rings (SSSR count). The lowest BCUT2D eigenvalue weighted by molar-refractivity contribution is 0.0292. The summed E-state index contributed by atoms with van der Waals surface area (Å²) in [6.07, 6.45) is 29.4. The first kappa shape index (κ1) is 20.2. The van der Waals surface area contributed by atoms with Gasteiger partial charge in [-0.3, -0.25) is 0 Å². The molecular formula is C24H38O. The molecule has 2 aliphatic carbocycles. The van der Waals surface area contributed by atoms with E-state index in [9.17, 15) is 0 Å². The molecule has 2 unspecified atom stereocenters. The highest BCUT2D eigenvalue weighted by Gasteiger charge is 2.15. The zero-order chi connectivity index (χ0) is 17.7. The van der Waals surface area contributed by atoms with Gasteiger partial charge in [0.25, 0.3) is 0 Å². The molecule has 2 aliphatic rings. The highest BCUT2D eigenvalue weighted by molar-refractivity contribution is 5.24. The third-order valence-corrected chi connectivity index (χ3v) is 5.17. The highest BCUT2D eigenvalue weighted by Crippen LogP contribution is 2.23. The van der Waals surface area contributed by atoms with Crippen LogP contribution in [0.1, 0.15) is 90.9 Å². The van der Waals surface area contributed by atoms with Crippen molar-refractivity contribution < 1.29 is 4.74 Å². The van der Waals surface area contributed by atoms with Gasteiger partial charge >= 0.3 is 0 Å². The first-order valence-electron chi connectivity index (χ1n) is 10.7. The summed E-state index contributed by atoms with van der Waals surface area (Å²) >= 11 is 0. The number of hydrogen-bond acceptors (Lipinski definition) is 1. The van der Waals surface area contributed by atoms with Gasteiger partial charge in [-0.1, -0.05) is 76.0 Å². The summed E-state index contributed by atoms with van der Waals surface area (Å²) in [7, 11) is 0. The van der Waals surface area contributed by atoms with Crippen LogP contribution in [0.3, 0.4) is 0 Å². The molecular weight excluding hydrogens is 304 g/mol. The molecule has 0 heterocycles. The van der Waals surface area contributed by atoms with Crippen molar-refractivity contribution in [1.82, 2.24) is 0 Å². The van der Waals surface area contributed by atoms with Crippen LogP contribution < -0.4 is 0 Å². The Kier molecular flexibility index (Phi) is 9.96. The van der Waals surface area contributed by atoms with Crippen molar-refractivity contribution in [3.63, 3.8) is 0 Å². The predicted octanol–water partition coefficient (Wildman–Crippen LogP) is 7.45. The summed E-state index contributed by atoms with van der Waals surface area (Å²) in [6, 6.07) is 0. The lowest BCUT2D eigenvalue weighted by Gasteiger charge is -2.23. The van der Waals surface area contributed by atoms with Gasteiger partial charge in [-0.15, -0.1) is 0 Å². The molecule has 0 fully saturated rings. The molecule has 140 valence electrons. The standard InChI is InChI=1S/C24H38O/c1-3-5-17-23(19-21-13-9-7-10-14-21)25-24(18-6-4-2)20-22-15-11-8-12-16-22/h9,11,13,15,19-20,23-24H,3-8,10,12,14,16-18H2,1-2H3. The van der Waals surface area contributed by atoms with E-state index in [1.807, 2.05) is 0 Å². The van der Waals surface area contributed by atoms with Crippen LogP contribution in [0.2, 0.25) is 0 Å². The second-order valence-electron chi connectivity index (χ2n) is 7.57. The fourth-order valence-corrected chi connectivity index (χ4v) is 3.66. The Bertz CT molecular complexity index is 436. The van der Waals surface area contributed by atoms with Crippen LogP contribution in [-0.4, -0.2) is 12.2 Å². The molecule has 0 saturated carbocycles. The van der Waals surface area contributed by atoms with Gasteiger partial charge in [0, 0.05) is 0 Å². The van der Waals surface area contributed by atoms with Crippen molar-refractivity contribution in [2.75, 3.05) is 0 Å². The second-order valence-corrected chi connectivity index (χ2v) is 7.57. The molecule has 0 aromatic carbocycles. The molecule has 0 spiro atoms. The zero-order valence-corrected chi connectivity index (χ0v) is 16.5. The molecule has 0 bridgehead atoms. The summed E-state index contributed by atoms with van der Waals surface area (Å²) in [6.45, 7) is 4.54. The minimum absolute atomic E-state index is 0.268. The monoisotopic (exact) mass is 342 g/mol. The maximum absolute atomic E-state index is 6.64. The molecule has 0 amide bonds. The molecule has 1 heteroatoms. The van der Waals surface area contributed by atoms with Crippen molar-refractivity contribution in [2.24, 2.45) is 0 Å². The van der Waals surface area contributed by atoms with Crippen molar-refractivity contribution in [3.8, 4) is 0 Å². The Morgan fingerprint density at radius 3 is 1.68 bits per heavy atom. The highest BCUT2D eigenvalue weighted by atomic mass is 16.5. The minimum Gasteiger partial charge on any atom is -0.367 e. The number of rotatable bonds is 10. The Hall–Kier alpha value is -1.08. The summed E-state index contributed by atoms with van der Waals surface area (Å²) in [5.74, 6) is 0. The van der Waals surface area contributed by atoms with E-state index in [0.717, 1.165) is 12.8 Å². The number of unbranched alkanes of at least 4 members (excludes halogenated alkanes) is 2. The third-order valence-electron chi connectivity index (χ3n) is 5.17. The molecule has 0 aliphatic heterocycles. The van der Waals surface area contributed by atoms with Crippen molar-refractivity contribution in [1.29, 1.82) is 0 Å². The number of allylic oxidation sites excluding steroid dienone is 6. The molecule has 1 nitrogen and oxygen atoms in total. The minimum atomic E-state index is 0.268. The van der Waals surface area contributed by atoms with E-state index in [0.29, 0.717) is 0 Å². The average molecular weight is 343 g/mol. The van der Waals surface area contributed by atoms with E-state index >= 15 is 0 Å². The Morgan fingerprint density at radius 2 is 1.32 bits per heavy atom. The molecule has 0 radical (unpaired) electrons. The van der Waals surface area contributed by atoms with Crippen LogP contribution in [0.4, 0.5) is 0 Å². The topological polar surface area (TPSA) is 9.23 Å². The first-order valence-corrected chi connectivity index (χ1v) is 10.7. The summed E-state index contributed by atoms with van der Waals surface area (Å²) in [4.78, 5) is 0. The lowest BCUT2D eigenvalue weighted by atomic mass is 9.98. The fourth-order valence-electron chi connectivity index (χ4n) is 3.66. The second kappa shape index (κ2) is 12.3. The van der Waals surface area contributed by atoms with E-state index in [-0.39, 0.29) is 12.2 Å². The summed E-state index contributed by atoms with van der Waals surface area (Å²) < 4.78 is 6.64. The van der Waals surface area contributed by atoms with Gasteiger partial charge in [0.1, 0.15) is 0 Å². The zero-order valence-electron chi connectivity index (χ0n) is 16.5. The van der Waals surface area contributed by atoms with Crippen LogP contribution in [0.5, 0.6) is 0 Å². The van der Waals surface area contributed by atoms with Crippen LogP contribution >= 0.6 is 0 Å². The van der Waals surface area contributed by atoms with Crippen LogP contribution in [-0.2, 0) is 4.74 Å². The van der Waals surface area contributed by atoms with E-state index in [4.69, 9.17) is 4.74 Å². The van der Waals surface area contributed by atoms with Gasteiger partial charge in [0.2, 0.25) is 0 Å². The summed E-state index contributed by atoms with van der Waals surface area (Å²) in [5, 5.41) is 0.